The van der Waals surface area contributed by atoms with Gasteiger partial charge in [-0.15, -0.1) is 11.8 Å². The number of hydrogen-bond acceptors (Lipinski definition) is 4. The van der Waals surface area contributed by atoms with Crippen LogP contribution in [0.4, 0.5) is 18.9 Å². The maximum Gasteiger partial charge on any atom is 0.423 e. The second-order valence-corrected chi connectivity index (χ2v) is 4.16. The molecule has 0 aliphatic heterocycles. The molecule has 0 atom stereocenters. The van der Waals surface area contributed by atoms with E-state index in [1.165, 1.54) is 0 Å². The first-order valence-electron chi connectivity index (χ1n) is 4.42. The van der Waals surface area contributed by atoms with Gasteiger partial charge in [0.25, 0.3) is 5.69 Å². The van der Waals surface area contributed by atoms with Gasteiger partial charge in [0, 0.05) is 11.0 Å². The van der Waals surface area contributed by atoms with E-state index < -0.39 is 34.1 Å². The van der Waals surface area contributed by atoms with Crippen molar-refractivity contribution in [3.63, 3.8) is 0 Å². The lowest BCUT2D eigenvalue weighted by atomic mass is 10.2. The number of nitro benzene ring substituents is 1. The molecule has 0 saturated heterocycles. The molecule has 18 heavy (non-hydrogen) atoms. The first-order valence-corrected chi connectivity index (χ1v) is 5.40. The third-order valence-electron chi connectivity index (χ3n) is 1.83. The number of carbonyl (C=O) groups is 1. The van der Waals surface area contributed by atoms with Crippen molar-refractivity contribution in [2.45, 2.75) is 11.1 Å². The lowest BCUT2D eigenvalue weighted by molar-refractivity contribution is -0.388. The highest BCUT2D eigenvalue weighted by atomic mass is 32.2. The van der Waals surface area contributed by atoms with Gasteiger partial charge in [-0.1, -0.05) is 0 Å². The lowest BCUT2D eigenvalue weighted by Gasteiger charge is -2.08. The Kier molecular flexibility index (Phi) is 4.17. The highest BCUT2D eigenvalue weighted by Gasteiger charge is 2.38. The summed E-state index contributed by atoms with van der Waals surface area (Å²) in [5.74, 6) is -1.61. The predicted octanol–water partition coefficient (Wildman–Crippen LogP) is 2.79. The molecule has 9 heteroatoms. The van der Waals surface area contributed by atoms with Gasteiger partial charge in [-0.3, -0.25) is 14.9 Å². The minimum Gasteiger partial charge on any atom is -0.481 e. The zero-order valence-electron chi connectivity index (χ0n) is 8.60. The molecule has 1 aromatic rings. The fourth-order valence-corrected chi connectivity index (χ4v) is 1.79. The van der Waals surface area contributed by atoms with Crippen LogP contribution in [-0.4, -0.2) is 21.8 Å². The summed E-state index contributed by atoms with van der Waals surface area (Å²) in [6.07, 6.45) is -4.86. The Morgan fingerprint density at radius 2 is 2.06 bits per heavy atom. The second kappa shape index (κ2) is 5.25. The van der Waals surface area contributed by atoms with Crippen molar-refractivity contribution in [3.05, 3.63) is 33.9 Å². The van der Waals surface area contributed by atoms with E-state index in [0.717, 1.165) is 6.07 Å². The van der Waals surface area contributed by atoms with Crippen molar-refractivity contribution in [1.82, 2.24) is 0 Å². The quantitative estimate of drug-likeness (QED) is 0.521. The minimum absolute atomic E-state index is 0.00956. The molecule has 0 unspecified atom stereocenters. The van der Waals surface area contributed by atoms with E-state index in [2.05, 4.69) is 0 Å². The van der Waals surface area contributed by atoms with Crippen LogP contribution in [0.3, 0.4) is 0 Å². The first-order chi connectivity index (χ1) is 8.21. The maximum atomic E-state index is 12.6. The fourth-order valence-electron chi connectivity index (χ4n) is 1.14. The van der Waals surface area contributed by atoms with Crippen LogP contribution in [0.5, 0.6) is 0 Å². The van der Waals surface area contributed by atoms with E-state index in [4.69, 9.17) is 5.11 Å². The maximum absolute atomic E-state index is 12.6. The molecule has 0 saturated carbocycles. The van der Waals surface area contributed by atoms with Crippen LogP contribution in [-0.2, 0) is 11.0 Å². The number of hydrogen-bond donors (Lipinski definition) is 1. The molecule has 98 valence electrons. The van der Waals surface area contributed by atoms with Crippen molar-refractivity contribution in [2.75, 3.05) is 5.75 Å². The number of benzene rings is 1. The van der Waals surface area contributed by atoms with E-state index in [-0.39, 0.29) is 4.90 Å². The zero-order chi connectivity index (χ0) is 13.9. The summed E-state index contributed by atoms with van der Waals surface area (Å²) >= 11 is 0.657. The summed E-state index contributed by atoms with van der Waals surface area (Å²) in [4.78, 5) is 19.6. The van der Waals surface area contributed by atoms with Crippen molar-refractivity contribution < 1.29 is 28.0 Å². The van der Waals surface area contributed by atoms with Gasteiger partial charge < -0.3 is 5.11 Å². The van der Waals surface area contributed by atoms with Gasteiger partial charge in [-0.2, -0.15) is 13.2 Å². The average Bonchev–Trinajstić information content (AvgIpc) is 2.24. The number of rotatable bonds is 4. The van der Waals surface area contributed by atoms with Crippen molar-refractivity contribution in [3.8, 4) is 0 Å². The second-order valence-electron chi connectivity index (χ2n) is 3.12. The Bertz CT molecular complexity index is 489. The molecule has 0 heterocycles. The van der Waals surface area contributed by atoms with Crippen LogP contribution in [0, 0.1) is 10.1 Å². The summed E-state index contributed by atoms with van der Waals surface area (Å²) in [7, 11) is 0. The van der Waals surface area contributed by atoms with Gasteiger partial charge in [0.1, 0.15) is 5.56 Å². The number of nitrogens with zero attached hydrogens (tertiary/aromatic N) is 1. The summed E-state index contributed by atoms with van der Waals surface area (Å²) in [5.41, 5.74) is -2.44. The van der Waals surface area contributed by atoms with Crippen LogP contribution in [0.1, 0.15) is 5.56 Å². The van der Waals surface area contributed by atoms with Crippen LogP contribution < -0.4 is 0 Å². The molecule has 0 fully saturated rings. The van der Waals surface area contributed by atoms with Crippen molar-refractivity contribution in [1.29, 1.82) is 0 Å². The third-order valence-corrected chi connectivity index (χ3v) is 2.81. The minimum atomic E-state index is -4.86. The molecular weight excluding hydrogens is 275 g/mol. The molecule has 0 spiro atoms. The molecule has 0 radical (unpaired) electrons. The Labute approximate surface area is 103 Å². The topological polar surface area (TPSA) is 80.4 Å². The number of thioether (sulfide) groups is 1. The Morgan fingerprint density at radius 3 is 2.50 bits per heavy atom. The van der Waals surface area contributed by atoms with Gasteiger partial charge >= 0.3 is 12.1 Å². The molecule has 0 amide bonds. The number of alkyl halides is 3. The van der Waals surface area contributed by atoms with Crippen molar-refractivity contribution >= 4 is 23.4 Å². The van der Waals surface area contributed by atoms with E-state index in [0.29, 0.717) is 23.9 Å². The van der Waals surface area contributed by atoms with Crippen LogP contribution in [0.25, 0.3) is 0 Å². The fraction of sp³-hybridized carbons (Fsp3) is 0.222. The van der Waals surface area contributed by atoms with E-state index in [1.54, 1.807) is 0 Å². The summed E-state index contributed by atoms with van der Waals surface area (Å²) in [6.45, 7) is 0. The van der Waals surface area contributed by atoms with Crippen LogP contribution in [0.15, 0.2) is 23.1 Å². The number of nitro groups is 1. The highest BCUT2D eigenvalue weighted by molar-refractivity contribution is 8.00. The largest absolute Gasteiger partial charge is 0.481 e. The predicted molar refractivity (Wildman–Crippen MR) is 56.5 cm³/mol. The van der Waals surface area contributed by atoms with Gasteiger partial charge in [0.2, 0.25) is 0 Å². The van der Waals surface area contributed by atoms with Gasteiger partial charge in [-0.05, 0) is 12.1 Å². The molecule has 0 bridgehead atoms. The van der Waals surface area contributed by atoms with Crippen LogP contribution in [0.2, 0.25) is 0 Å². The molecule has 1 aromatic carbocycles. The smallest absolute Gasteiger partial charge is 0.423 e. The molecule has 5 nitrogen and oxygen atoms in total. The Morgan fingerprint density at radius 1 is 1.44 bits per heavy atom. The highest BCUT2D eigenvalue weighted by Crippen LogP contribution is 2.38. The Balaban J connectivity index is 3.14. The molecule has 0 aliphatic rings. The van der Waals surface area contributed by atoms with E-state index in [9.17, 15) is 28.1 Å². The Hall–Kier alpha value is -1.77. The van der Waals surface area contributed by atoms with Gasteiger partial charge in [0.05, 0.1) is 10.7 Å². The number of carboxylic acids is 1. The zero-order valence-corrected chi connectivity index (χ0v) is 9.42. The summed E-state index contributed by atoms with van der Waals surface area (Å²) in [5, 5.41) is 18.8. The lowest BCUT2D eigenvalue weighted by Crippen LogP contribution is -2.09. The molecular formula is C9H6F3NO4S. The first kappa shape index (κ1) is 14.3. The van der Waals surface area contributed by atoms with Crippen LogP contribution >= 0.6 is 11.8 Å². The molecule has 1 rings (SSSR count). The molecule has 0 aromatic heterocycles. The SMILES string of the molecule is O=C(O)CSc1ccc([N+](=O)[O-])c(C(F)(F)F)c1. The number of aliphatic carboxylic acids is 1. The van der Waals surface area contributed by atoms with Gasteiger partial charge in [-0.25, -0.2) is 0 Å². The standard InChI is InChI=1S/C9H6F3NO4S/c10-9(11,12)6-3-5(18-4-8(14)15)1-2-7(6)13(16)17/h1-3H,4H2,(H,14,15). The van der Waals surface area contributed by atoms with E-state index >= 15 is 0 Å². The van der Waals surface area contributed by atoms with Gasteiger partial charge in [0.15, 0.2) is 0 Å². The molecule has 0 aliphatic carbocycles. The number of halogens is 3. The average molecular weight is 281 g/mol. The van der Waals surface area contributed by atoms with Crippen molar-refractivity contribution in [2.24, 2.45) is 0 Å². The number of carboxylic acid groups (broad SMARTS) is 1. The monoisotopic (exact) mass is 281 g/mol. The molecule has 1 N–H and O–H groups in total. The van der Waals surface area contributed by atoms with E-state index in [1.807, 2.05) is 0 Å². The summed E-state index contributed by atoms with van der Waals surface area (Å²) in [6, 6.07) is 2.37. The third kappa shape index (κ3) is 3.62. The normalized spacial score (nSPS) is 11.3. The summed E-state index contributed by atoms with van der Waals surface area (Å²) < 4.78 is 37.7.